The van der Waals surface area contributed by atoms with Crippen LogP contribution in [0.25, 0.3) is 0 Å². The number of aliphatic hydroxyl groups excluding tert-OH is 1. The van der Waals surface area contributed by atoms with Gasteiger partial charge in [0.2, 0.25) is 0 Å². The number of aliphatic hydroxyl groups is 1. The van der Waals surface area contributed by atoms with Crippen LogP contribution in [0.2, 0.25) is 0 Å². The number of ether oxygens (including phenoxy) is 1. The first-order valence-corrected chi connectivity index (χ1v) is 6.76. The van der Waals surface area contributed by atoms with Gasteiger partial charge in [-0.3, -0.25) is 0 Å². The fourth-order valence-corrected chi connectivity index (χ4v) is 4.08. The third kappa shape index (κ3) is 1.38. The van der Waals surface area contributed by atoms with Crippen molar-refractivity contribution in [1.29, 1.82) is 0 Å². The maximum Gasteiger partial charge on any atom is 0.0690 e. The van der Waals surface area contributed by atoms with Gasteiger partial charge in [0.25, 0.3) is 0 Å². The molecule has 0 amide bonds. The Morgan fingerprint density at radius 1 is 1.50 bits per heavy atom. The van der Waals surface area contributed by atoms with Crippen LogP contribution < -0.4 is 5.32 Å². The molecule has 3 aliphatic rings. The lowest BCUT2D eigenvalue weighted by atomic mass is 9.46. The second-order valence-corrected chi connectivity index (χ2v) is 5.89. The summed E-state index contributed by atoms with van der Waals surface area (Å²) in [6.45, 7) is 3.44. The smallest absolute Gasteiger partial charge is 0.0690 e. The molecule has 1 spiro atoms. The largest absolute Gasteiger partial charge is 0.396 e. The van der Waals surface area contributed by atoms with Crippen molar-refractivity contribution in [3.63, 3.8) is 0 Å². The minimum atomic E-state index is 0.290. The van der Waals surface area contributed by atoms with Crippen LogP contribution in [0.5, 0.6) is 0 Å². The van der Waals surface area contributed by atoms with Crippen molar-refractivity contribution in [2.24, 2.45) is 11.3 Å². The summed E-state index contributed by atoms with van der Waals surface area (Å²) in [5, 5.41) is 12.7. The van der Waals surface area contributed by atoms with Gasteiger partial charge in [0, 0.05) is 36.6 Å². The Hall–Kier alpha value is -0.120. The van der Waals surface area contributed by atoms with Crippen LogP contribution in [0.15, 0.2) is 0 Å². The second kappa shape index (κ2) is 3.97. The molecule has 92 valence electrons. The fraction of sp³-hybridized carbons (Fsp3) is 1.00. The topological polar surface area (TPSA) is 41.5 Å². The van der Waals surface area contributed by atoms with Crippen LogP contribution in [-0.2, 0) is 4.74 Å². The standard InChI is InChI=1S/C13H23NO2/c1-9(3-7-15)14-11-10-4-8-16-12(10)13(11)5-2-6-13/h9-12,14-15H,2-8H2,1H3/t9-,10?,11?,12?/m1/s1. The van der Waals surface area contributed by atoms with Crippen molar-refractivity contribution < 1.29 is 9.84 Å². The highest BCUT2D eigenvalue weighted by atomic mass is 16.5. The van der Waals surface area contributed by atoms with Gasteiger partial charge in [0.15, 0.2) is 0 Å². The first-order chi connectivity index (χ1) is 7.78. The molecule has 2 aliphatic carbocycles. The van der Waals surface area contributed by atoms with Crippen molar-refractivity contribution in [2.45, 2.75) is 57.2 Å². The monoisotopic (exact) mass is 225 g/mol. The number of nitrogens with one attached hydrogen (secondary N) is 1. The van der Waals surface area contributed by atoms with E-state index in [0.717, 1.165) is 18.9 Å². The van der Waals surface area contributed by atoms with Crippen LogP contribution in [0.4, 0.5) is 0 Å². The van der Waals surface area contributed by atoms with Crippen LogP contribution in [-0.4, -0.2) is 36.5 Å². The van der Waals surface area contributed by atoms with Gasteiger partial charge in [-0.15, -0.1) is 0 Å². The molecule has 3 rings (SSSR count). The average molecular weight is 225 g/mol. The molecular formula is C13H23NO2. The zero-order chi connectivity index (χ0) is 11.2. The maximum absolute atomic E-state index is 8.96. The third-order valence-electron chi connectivity index (χ3n) is 5.06. The minimum absolute atomic E-state index is 0.290. The van der Waals surface area contributed by atoms with Gasteiger partial charge in [0.05, 0.1) is 6.10 Å². The van der Waals surface area contributed by atoms with E-state index in [1.54, 1.807) is 0 Å². The van der Waals surface area contributed by atoms with Gasteiger partial charge in [-0.25, -0.2) is 0 Å². The predicted molar refractivity (Wildman–Crippen MR) is 62.2 cm³/mol. The van der Waals surface area contributed by atoms with E-state index in [4.69, 9.17) is 9.84 Å². The summed E-state index contributed by atoms with van der Waals surface area (Å²) in [6, 6.07) is 1.10. The van der Waals surface area contributed by atoms with E-state index >= 15 is 0 Å². The maximum atomic E-state index is 8.96. The number of hydrogen-bond donors (Lipinski definition) is 2. The van der Waals surface area contributed by atoms with Crippen molar-refractivity contribution in [1.82, 2.24) is 5.32 Å². The summed E-state index contributed by atoms with van der Waals surface area (Å²) >= 11 is 0. The Balaban J connectivity index is 1.65. The van der Waals surface area contributed by atoms with Crippen LogP contribution >= 0.6 is 0 Å². The highest BCUT2D eigenvalue weighted by Crippen LogP contribution is 2.62. The molecule has 0 aromatic heterocycles. The molecule has 2 saturated carbocycles. The first kappa shape index (κ1) is 11.0. The average Bonchev–Trinajstić information content (AvgIpc) is 2.58. The van der Waals surface area contributed by atoms with E-state index in [1.165, 1.54) is 25.7 Å². The molecule has 2 N–H and O–H groups in total. The van der Waals surface area contributed by atoms with E-state index in [-0.39, 0.29) is 0 Å². The summed E-state index contributed by atoms with van der Waals surface area (Å²) in [7, 11) is 0. The highest BCUT2D eigenvalue weighted by molar-refractivity contribution is 5.18. The Morgan fingerprint density at radius 3 is 2.94 bits per heavy atom. The quantitative estimate of drug-likeness (QED) is 0.758. The number of fused-ring (bicyclic) bond motifs is 2. The Morgan fingerprint density at radius 2 is 2.31 bits per heavy atom. The first-order valence-electron chi connectivity index (χ1n) is 6.76. The van der Waals surface area contributed by atoms with Crippen LogP contribution in [0, 0.1) is 11.3 Å². The lowest BCUT2D eigenvalue weighted by molar-refractivity contribution is -0.178. The Bertz CT molecular complexity index is 265. The molecule has 0 aromatic carbocycles. The molecule has 0 bridgehead atoms. The van der Waals surface area contributed by atoms with Gasteiger partial charge in [0.1, 0.15) is 0 Å². The lowest BCUT2D eigenvalue weighted by Gasteiger charge is -2.64. The molecular weight excluding hydrogens is 202 g/mol. The van der Waals surface area contributed by atoms with E-state index < -0.39 is 0 Å². The van der Waals surface area contributed by atoms with Gasteiger partial charge in [-0.1, -0.05) is 6.42 Å². The SMILES string of the molecule is C[C@H](CCO)NC1C2CCOC2C12CCC2. The van der Waals surface area contributed by atoms with Crippen LogP contribution in [0.1, 0.15) is 39.0 Å². The lowest BCUT2D eigenvalue weighted by Crippen LogP contribution is -2.72. The summed E-state index contributed by atoms with van der Waals surface area (Å²) in [5.74, 6) is 0.751. The summed E-state index contributed by atoms with van der Waals surface area (Å²) in [5.41, 5.74) is 0.477. The molecule has 16 heavy (non-hydrogen) atoms. The summed E-state index contributed by atoms with van der Waals surface area (Å²) in [6.07, 6.45) is 6.72. The molecule has 1 heterocycles. The second-order valence-electron chi connectivity index (χ2n) is 5.89. The molecule has 3 unspecified atom stereocenters. The predicted octanol–water partition coefficient (Wildman–Crippen LogP) is 1.30. The zero-order valence-electron chi connectivity index (χ0n) is 10.1. The molecule has 0 aromatic rings. The number of hydrogen-bond acceptors (Lipinski definition) is 3. The molecule has 3 nitrogen and oxygen atoms in total. The fourth-order valence-electron chi connectivity index (χ4n) is 4.08. The Labute approximate surface area is 97.6 Å². The van der Waals surface area contributed by atoms with E-state index in [9.17, 15) is 0 Å². The van der Waals surface area contributed by atoms with Crippen molar-refractivity contribution in [3.8, 4) is 0 Å². The molecule has 3 fully saturated rings. The van der Waals surface area contributed by atoms with E-state index in [0.29, 0.717) is 30.2 Å². The molecule has 4 atom stereocenters. The van der Waals surface area contributed by atoms with Gasteiger partial charge < -0.3 is 15.2 Å². The highest BCUT2D eigenvalue weighted by Gasteiger charge is 2.66. The van der Waals surface area contributed by atoms with Gasteiger partial charge >= 0.3 is 0 Å². The summed E-state index contributed by atoms with van der Waals surface area (Å²) < 4.78 is 5.89. The van der Waals surface area contributed by atoms with Crippen LogP contribution in [0.3, 0.4) is 0 Å². The molecule has 0 radical (unpaired) electrons. The number of rotatable bonds is 4. The van der Waals surface area contributed by atoms with Gasteiger partial charge in [-0.2, -0.15) is 0 Å². The normalized spacial score (nSPS) is 41.2. The molecule has 1 aliphatic heterocycles. The van der Waals surface area contributed by atoms with Crippen molar-refractivity contribution in [3.05, 3.63) is 0 Å². The minimum Gasteiger partial charge on any atom is -0.396 e. The van der Waals surface area contributed by atoms with Crippen molar-refractivity contribution >= 4 is 0 Å². The van der Waals surface area contributed by atoms with Gasteiger partial charge in [-0.05, 0) is 32.6 Å². The third-order valence-corrected chi connectivity index (χ3v) is 5.06. The van der Waals surface area contributed by atoms with E-state index in [1.807, 2.05) is 0 Å². The van der Waals surface area contributed by atoms with E-state index in [2.05, 4.69) is 12.2 Å². The molecule has 3 heteroatoms. The summed E-state index contributed by atoms with van der Waals surface area (Å²) in [4.78, 5) is 0. The Kier molecular flexibility index (Phi) is 2.73. The molecule has 1 saturated heterocycles. The van der Waals surface area contributed by atoms with Crippen molar-refractivity contribution in [2.75, 3.05) is 13.2 Å². The zero-order valence-corrected chi connectivity index (χ0v) is 10.1.